The highest BCUT2D eigenvalue weighted by Crippen LogP contribution is 2.66. The standard InChI is InChI=1S/C33H48O13S/c1-17(34)24-9-10-25-23-8-7-21-15-22(11-13-32(21,5)26(23)12-14-33(24,25)6)45-31-30(44-20(4)37)29(43-19(3)36)28(42-18(2)35)27(46-31)16-41-47(38,39)40/h7,22-31H,8-16H2,1-6H3,(H,38,39,40). The molecule has 12 unspecified atom stereocenters. The van der Waals surface area contributed by atoms with Crippen molar-refractivity contribution >= 4 is 34.1 Å². The van der Waals surface area contributed by atoms with E-state index in [2.05, 4.69) is 24.1 Å². The van der Waals surface area contributed by atoms with Gasteiger partial charge in [0.25, 0.3) is 0 Å². The van der Waals surface area contributed by atoms with Gasteiger partial charge in [0.15, 0.2) is 24.6 Å². The Hall–Kier alpha value is -2.39. The van der Waals surface area contributed by atoms with Crippen LogP contribution in [0, 0.1) is 34.5 Å². The molecular formula is C33H48O13S. The first-order chi connectivity index (χ1) is 21.9. The molecule has 1 aliphatic heterocycles. The van der Waals surface area contributed by atoms with Crippen LogP contribution in [0.15, 0.2) is 11.6 Å². The van der Waals surface area contributed by atoms with Crippen LogP contribution < -0.4 is 0 Å². The Morgan fingerprint density at radius 1 is 0.872 bits per heavy atom. The van der Waals surface area contributed by atoms with Crippen LogP contribution in [0.4, 0.5) is 0 Å². The topological polar surface area (TPSA) is 178 Å². The first-order valence-electron chi connectivity index (χ1n) is 16.6. The largest absolute Gasteiger partial charge is 0.456 e. The van der Waals surface area contributed by atoms with Gasteiger partial charge in [-0.1, -0.05) is 25.5 Å². The zero-order valence-electron chi connectivity index (χ0n) is 28.0. The summed E-state index contributed by atoms with van der Waals surface area (Å²) in [5.41, 5.74) is 1.31. The molecule has 5 rings (SSSR count). The monoisotopic (exact) mass is 684 g/mol. The lowest BCUT2D eigenvalue weighted by Gasteiger charge is -2.58. The van der Waals surface area contributed by atoms with Crippen LogP contribution in [-0.2, 0) is 57.4 Å². The number of Topliss-reactive ketones (excluding diaryl/α,β-unsaturated/α-hetero) is 1. The van der Waals surface area contributed by atoms with Gasteiger partial charge in [0.1, 0.15) is 11.9 Å². The normalized spacial score (nSPS) is 41.4. The summed E-state index contributed by atoms with van der Waals surface area (Å²) in [4.78, 5) is 48.9. The summed E-state index contributed by atoms with van der Waals surface area (Å²) in [5.74, 6) is -0.349. The average molecular weight is 685 g/mol. The van der Waals surface area contributed by atoms with Crippen LogP contribution in [0.25, 0.3) is 0 Å². The van der Waals surface area contributed by atoms with Gasteiger partial charge in [-0.3, -0.25) is 23.7 Å². The minimum absolute atomic E-state index is 0.0340. The number of esters is 3. The fourth-order valence-corrected chi connectivity index (χ4v) is 10.2. The zero-order valence-corrected chi connectivity index (χ0v) is 28.8. The zero-order chi connectivity index (χ0) is 34.5. The van der Waals surface area contributed by atoms with Crippen molar-refractivity contribution in [3.05, 3.63) is 11.6 Å². The lowest BCUT2D eigenvalue weighted by atomic mass is 9.47. The summed E-state index contributed by atoms with van der Waals surface area (Å²) in [5, 5.41) is 0. The fourth-order valence-electron chi connectivity index (χ4n) is 9.85. The Bertz CT molecular complexity index is 1390. The average Bonchev–Trinajstić information content (AvgIpc) is 3.32. The van der Waals surface area contributed by atoms with Crippen LogP contribution >= 0.6 is 0 Å². The summed E-state index contributed by atoms with van der Waals surface area (Å²) < 4.78 is 65.5. The van der Waals surface area contributed by atoms with Gasteiger partial charge in [0.05, 0.1) is 12.7 Å². The molecule has 0 aromatic heterocycles. The van der Waals surface area contributed by atoms with Gasteiger partial charge in [-0.05, 0) is 86.9 Å². The molecule has 14 heteroatoms. The Labute approximate surface area is 276 Å². The molecule has 0 amide bonds. The number of ketones is 1. The van der Waals surface area contributed by atoms with Crippen LogP contribution in [-0.4, -0.2) is 80.1 Å². The van der Waals surface area contributed by atoms with E-state index in [0.29, 0.717) is 36.4 Å². The van der Waals surface area contributed by atoms with Crippen LogP contribution in [0.1, 0.15) is 92.9 Å². The van der Waals surface area contributed by atoms with Gasteiger partial charge in [-0.25, -0.2) is 4.18 Å². The van der Waals surface area contributed by atoms with Crippen molar-refractivity contribution in [2.45, 2.75) is 130 Å². The highest BCUT2D eigenvalue weighted by atomic mass is 32.3. The number of ether oxygens (including phenoxy) is 5. The van der Waals surface area contributed by atoms with E-state index >= 15 is 0 Å². The fraction of sp³-hybridized carbons (Fsp3) is 0.818. The molecule has 47 heavy (non-hydrogen) atoms. The second-order valence-electron chi connectivity index (χ2n) is 14.5. The maximum absolute atomic E-state index is 12.5. The van der Waals surface area contributed by atoms with E-state index < -0.39 is 65.6 Å². The second-order valence-corrected chi connectivity index (χ2v) is 15.6. The van der Waals surface area contributed by atoms with Crippen molar-refractivity contribution in [1.82, 2.24) is 0 Å². The molecule has 4 fully saturated rings. The number of hydrogen-bond donors (Lipinski definition) is 1. The summed E-state index contributed by atoms with van der Waals surface area (Å²) in [6.07, 6.45) is 2.16. The van der Waals surface area contributed by atoms with Gasteiger partial charge in [-0.15, -0.1) is 0 Å². The summed E-state index contributed by atoms with van der Waals surface area (Å²) in [7, 11) is -4.92. The van der Waals surface area contributed by atoms with Crippen molar-refractivity contribution in [3.8, 4) is 0 Å². The predicted molar refractivity (Wildman–Crippen MR) is 164 cm³/mol. The molecule has 1 saturated heterocycles. The van der Waals surface area contributed by atoms with Gasteiger partial charge in [-0.2, -0.15) is 8.42 Å². The molecule has 0 aromatic carbocycles. The van der Waals surface area contributed by atoms with E-state index in [4.69, 9.17) is 23.7 Å². The molecule has 0 bridgehead atoms. The number of carbonyl (C=O) groups is 4. The van der Waals surface area contributed by atoms with Crippen molar-refractivity contribution in [1.29, 1.82) is 0 Å². The molecular weight excluding hydrogens is 636 g/mol. The molecule has 264 valence electrons. The predicted octanol–water partition coefficient (Wildman–Crippen LogP) is 3.88. The Kier molecular flexibility index (Phi) is 10.3. The summed E-state index contributed by atoms with van der Waals surface area (Å²) in [6, 6.07) is 0. The molecule has 1 heterocycles. The van der Waals surface area contributed by atoms with E-state index in [1.54, 1.807) is 6.92 Å². The Balaban J connectivity index is 1.38. The first kappa shape index (κ1) is 35.9. The first-order valence-corrected chi connectivity index (χ1v) is 17.9. The molecule has 3 saturated carbocycles. The molecule has 5 aliphatic rings. The van der Waals surface area contributed by atoms with E-state index in [1.807, 2.05) is 0 Å². The van der Waals surface area contributed by atoms with Gasteiger partial charge in [0.2, 0.25) is 0 Å². The minimum Gasteiger partial charge on any atom is -0.456 e. The highest BCUT2D eigenvalue weighted by molar-refractivity contribution is 7.80. The number of carbonyl (C=O) groups excluding carboxylic acids is 4. The van der Waals surface area contributed by atoms with Crippen LogP contribution in [0.2, 0.25) is 0 Å². The SMILES string of the molecule is CC(=O)OC1C(COS(=O)(=O)O)OC(OC2CCC3(C)C(=CCC4C3CCC3(C)C(C(C)=O)CCC43)C2)C(OC(C)=O)C1OC(C)=O. The van der Waals surface area contributed by atoms with Gasteiger partial charge < -0.3 is 23.7 Å². The smallest absolute Gasteiger partial charge is 0.397 e. The van der Waals surface area contributed by atoms with E-state index in [-0.39, 0.29) is 22.9 Å². The third kappa shape index (κ3) is 7.31. The van der Waals surface area contributed by atoms with E-state index in [9.17, 15) is 32.1 Å². The lowest BCUT2D eigenvalue weighted by molar-refractivity contribution is -0.317. The molecule has 0 aromatic rings. The lowest BCUT2D eigenvalue weighted by Crippen LogP contribution is -2.63. The van der Waals surface area contributed by atoms with Crippen molar-refractivity contribution in [2.75, 3.05) is 6.61 Å². The Morgan fingerprint density at radius 2 is 1.51 bits per heavy atom. The molecule has 4 aliphatic carbocycles. The third-order valence-corrected chi connectivity index (χ3v) is 12.2. The molecule has 1 N–H and O–H groups in total. The number of rotatable bonds is 9. The van der Waals surface area contributed by atoms with Crippen molar-refractivity contribution < 1.29 is 60.0 Å². The maximum atomic E-state index is 12.5. The van der Waals surface area contributed by atoms with Gasteiger partial charge >= 0.3 is 28.3 Å². The van der Waals surface area contributed by atoms with Crippen LogP contribution in [0.5, 0.6) is 0 Å². The van der Waals surface area contributed by atoms with Crippen LogP contribution in [0.3, 0.4) is 0 Å². The second kappa shape index (κ2) is 13.5. The number of fused-ring (bicyclic) bond motifs is 5. The molecule has 0 radical (unpaired) electrons. The van der Waals surface area contributed by atoms with E-state index in [0.717, 1.165) is 59.3 Å². The van der Waals surface area contributed by atoms with Crippen molar-refractivity contribution in [2.24, 2.45) is 34.5 Å². The highest BCUT2D eigenvalue weighted by Gasteiger charge is 2.60. The van der Waals surface area contributed by atoms with Crippen molar-refractivity contribution in [3.63, 3.8) is 0 Å². The number of hydrogen-bond acceptors (Lipinski definition) is 12. The Morgan fingerprint density at radius 3 is 2.13 bits per heavy atom. The molecule has 13 nitrogen and oxygen atoms in total. The number of allylic oxidation sites excluding steroid dienone is 1. The summed E-state index contributed by atoms with van der Waals surface area (Å²) >= 11 is 0. The summed E-state index contributed by atoms with van der Waals surface area (Å²) in [6.45, 7) is 8.97. The minimum atomic E-state index is -4.92. The third-order valence-electron chi connectivity index (χ3n) is 11.8. The molecule has 12 atom stereocenters. The van der Waals surface area contributed by atoms with E-state index in [1.165, 1.54) is 5.57 Å². The maximum Gasteiger partial charge on any atom is 0.397 e. The van der Waals surface area contributed by atoms with Gasteiger partial charge in [0, 0.05) is 26.7 Å². The molecule has 0 spiro atoms. The quantitative estimate of drug-likeness (QED) is 0.160.